The number of ether oxygens (including phenoxy) is 2. The molecule has 0 spiro atoms. The highest BCUT2D eigenvalue weighted by Gasteiger charge is 2.18. The lowest BCUT2D eigenvalue weighted by atomic mass is 10.1. The summed E-state index contributed by atoms with van der Waals surface area (Å²) in [7, 11) is 0.807. The van der Waals surface area contributed by atoms with Gasteiger partial charge in [0.05, 0.1) is 12.0 Å². The van der Waals surface area contributed by atoms with E-state index < -0.39 is 15.9 Å². The van der Waals surface area contributed by atoms with E-state index in [1.54, 1.807) is 30.3 Å². The molecule has 0 unspecified atom stereocenters. The van der Waals surface area contributed by atoms with Crippen LogP contribution in [-0.4, -0.2) is 39.8 Å². The number of rotatable bonds is 8. The van der Waals surface area contributed by atoms with Gasteiger partial charge in [-0.05, 0) is 42.0 Å². The molecule has 0 radical (unpaired) electrons. The maximum Gasteiger partial charge on any atom is 0.255 e. The topological polar surface area (TPSA) is 84.9 Å². The lowest BCUT2D eigenvalue weighted by Crippen LogP contribution is -2.22. The van der Waals surface area contributed by atoms with Crippen LogP contribution in [0, 0.1) is 0 Å². The van der Waals surface area contributed by atoms with E-state index in [-0.39, 0.29) is 4.90 Å². The number of carbonyl (C=O) groups is 1. The SMILES string of the molecule is COc1cc(C(=O)Nc2cccc(S(=O)(=O)N(C)C)c2)ccc1OCc1ccccc1. The molecule has 31 heavy (non-hydrogen) atoms. The minimum absolute atomic E-state index is 0.0949. The third-order valence-corrected chi connectivity index (χ3v) is 6.34. The number of nitrogens with zero attached hydrogens (tertiary/aromatic N) is 1. The van der Waals surface area contributed by atoms with Gasteiger partial charge in [-0.2, -0.15) is 0 Å². The fraction of sp³-hybridized carbons (Fsp3) is 0.174. The van der Waals surface area contributed by atoms with E-state index in [0.29, 0.717) is 29.4 Å². The number of hydrogen-bond acceptors (Lipinski definition) is 5. The summed E-state index contributed by atoms with van der Waals surface area (Å²) in [5.41, 5.74) is 1.74. The molecule has 0 saturated heterocycles. The zero-order valence-electron chi connectivity index (χ0n) is 17.5. The Balaban J connectivity index is 1.75. The first-order valence-electron chi connectivity index (χ1n) is 9.50. The monoisotopic (exact) mass is 440 g/mol. The Morgan fingerprint density at radius 2 is 1.68 bits per heavy atom. The van der Waals surface area contributed by atoms with Crippen molar-refractivity contribution in [3.05, 3.63) is 83.9 Å². The van der Waals surface area contributed by atoms with Gasteiger partial charge < -0.3 is 14.8 Å². The van der Waals surface area contributed by atoms with Gasteiger partial charge in [-0.25, -0.2) is 12.7 Å². The molecule has 0 aliphatic heterocycles. The Kier molecular flexibility index (Phi) is 6.94. The van der Waals surface area contributed by atoms with Crippen molar-refractivity contribution >= 4 is 21.6 Å². The van der Waals surface area contributed by atoms with E-state index in [1.165, 1.54) is 33.3 Å². The van der Waals surface area contributed by atoms with Gasteiger partial charge in [-0.3, -0.25) is 4.79 Å². The van der Waals surface area contributed by atoms with Crippen LogP contribution in [0.25, 0.3) is 0 Å². The van der Waals surface area contributed by atoms with Crippen LogP contribution in [0.2, 0.25) is 0 Å². The zero-order chi connectivity index (χ0) is 22.4. The molecule has 0 aliphatic rings. The summed E-state index contributed by atoms with van der Waals surface area (Å²) >= 11 is 0. The van der Waals surface area contributed by atoms with Crippen molar-refractivity contribution in [1.82, 2.24) is 4.31 Å². The standard InChI is InChI=1S/C23H24N2O5S/c1-25(2)31(27,28)20-11-7-10-19(15-20)24-23(26)18-12-13-21(22(14-18)29-3)30-16-17-8-5-4-6-9-17/h4-15H,16H2,1-3H3,(H,24,26). The molecule has 3 aromatic rings. The van der Waals surface area contributed by atoms with Crippen LogP contribution in [0.5, 0.6) is 11.5 Å². The van der Waals surface area contributed by atoms with Gasteiger partial charge in [0, 0.05) is 25.3 Å². The van der Waals surface area contributed by atoms with Gasteiger partial charge in [-0.15, -0.1) is 0 Å². The fourth-order valence-electron chi connectivity index (χ4n) is 2.81. The highest BCUT2D eigenvalue weighted by molar-refractivity contribution is 7.89. The molecule has 0 aromatic heterocycles. The van der Waals surface area contributed by atoms with Gasteiger partial charge >= 0.3 is 0 Å². The summed E-state index contributed by atoms with van der Waals surface area (Å²) in [6.45, 7) is 0.371. The van der Waals surface area contributed by atoms with Crippen molar-refractivity contribution in [3.63, 3.8) is 0 Å². The summed E-state index contributed by atoms with van der Waals surface area (Å²) in [4.78, 5) is 12.8. The molecule has 8 heteroatoms. The molecule has 0 saturated carbocycles. The summed E-state index contributed by atoms with van der Waals surface area (Å²) in [5, 5.41) is 2.72. The number of anilines is 1. The Labute approximate surface area is 182 Å². The molecule has 1 amide bonds. The lowest BCUT2D eigenvalue weighted by Gasteiger charge is -2.14. The molecule has 0 aliphatic carbocycles. The quantitative estimate of drug-likeness (QED) is 0.576. The molecule has 1 N–H and O–H groups in total. The van der Waals surface area contributed by atoms with Crippen molar-refractivity contribution in [3.8, 4) is 11.5 Å². The van der Waals surface area contributed by atoms with E-state index in [9.17, 15) is 13.2 Å². The molecule has 0 atom stereocenters. The second-order valence-electron chi connectivity index (χ2n) is 6.91. The van der Waals surface area contributed by atoms with Crippen LogP contribution in [-0.2, 0) is 16.6 Å². The molecular formula is C23H24N2O5S. The van der Waals surface area contributed by atoms with E-state index >= 15 is 0 Å². The van der Waals surface area contributed by atoms with E-state index in [4.69, 9.17) is 9.47 Å². The number of sulfonamides is 1. The Bertz CT molecular complexity index is 1160. The zero-order valence-corrected chi connectivity index (χ0v) is 18.3. The molecule has 162 valence electrons. The first kappa shape index (κ1) is 22.3. The van der Waals surface area contributed by atoms with Crippen molar-refractivity contribution in [2.45, 2.75) is 11.5 Å². The van der Waals surface area contributed by atoms with Gasteiger partial charge in [-0.1, -0.05) is 36.4 Å². The van der Waals surface area contributed by atoms with E-state index in [2.05, 4.69) is 5.32 Å². The van der Waals surface area contributed by atoms with Crippen LogP contribution in [0.15, 0.2) is 77.7 Å². The number of benzene rings is 3. The van der Waals surface area contributed by atoms with E-state index in [0.717, 1.165) is 9.87 Å². The third kappa shape index (κ3) is 5.42. The van der Waals surface area contributed by atoms with Crippen molar-refractivity contribution < 1.29 is 22.7 Å². The highest BCUT2D eigenvalue weighted by atomic mass is 32.2. The van der Waals surface area contributed by atoms with Gasteiger partial charge in [0.2, 0.25) is 10.0 Å². The Hall–Kier alpha value is -3.36. The maximum atomic E-state index is 12.7. The van der Waals surface area contributed by atoms with Crippen LogP contribution in [0.3, 0.4) is 0 Å². The molecule has 3 aromatic carbocycles. The predicted octanol–water partition coefficient (Wildman–Crippen LogP) is 3.78. The fourth-order valence-corrected chi connectivity index (χ4v) is 3.76. The van der Waals surface area contributed by atoms with Crippen molar-refractivity contribution in [2.24, 2.45) is 0 Å². The molecule has 0 heterocycles. The molecule has 0 bridgehead atoms. The number of hydrogen-bond donors (Lipinski definition) is 1. The predicted molar refractivity (Wildman–Crippen MR) is 119 cm³/mol. The van der Waals surface area contributed by atoms with Crippen LogP contribution >= 0.6 is 0 Å². The average Bonchev–Trinajstić information content (AvgIpc) is 2.78. The Morgan fingerprint density at radius 3 is 2.35 bits per heavy atom. The summed E-state index contributed by atoms with van der Waals surface area (Å²) in [6, 6.07) is 20.7. The molecule has 0 fully saturated rings. The van der Waals surface area contributed by atoms with Crippen LogP contribution in [0.4, 0.5) is 5.69 Å². The normalized spacial score (nSPS) is 11.2. The summed E-state index contributed by atoms with van der Waals surface area (Å²) < 4.78 is 36.9. The highest BCUT2D eigenvalue weighted by Crippen LogP contribution is 2.29. The number of carbonyl (C=O) groups excluding carboxylic acids is 1. The lowest BCUT2D eigenvalue weighted by molar-refractivity contribution is 0.102. The second-order valence-corrected chi connectivity index (χ2v) is 9.06. The number of nitrogens with one attached hydrogen (secondary N) is 1. The van der Waals surface area contributed by atoms with Crippen molar-refractivity contribution in [1.29, 1.82) is 0 Å². The van der Waals surface area contributed by atoms with Crippen LogP contribution in [0.1, 0.15) is 15.9 Å². The Morgan fingerprint density at radius 1 is 0.935 bits per heavy atom. The molecule has 3 rings (SSSR count). The maximum absolute atomic E-state index is 12.7. The largest absolute Gasteiger partial charge is 0.493 e. The average molecular weight is 441 g/mol. The minimum Gasteiger partial charge on any atom is -0.493 e. The molecular weight excluding hydrogens is 416 g/mol. The second kappa shape index (κ2) is 9.63. The summed E-state index contributed by atoms with van der Waals surface area (Å²) in [6.07, 6.45) is 0. The smallest absolute Gasteiger partial charge is 0.255 e. The van der Waals surface area contributed by atoms with Gasteiger partial charge in [0.1, 0.15) is 6.61 Å². The number of methoxy groups -OCH3 is 1. The van der Waals surface area contributed by atoms with E-state index in [1.807, 2.05) is 30.3 Å². The summed E-state index contributed by atoms with van der Waals surface area (Å²) in [5.74, 6) is 0.543. The first-order chi connectivity index (χ1) is 14.8. The van der Waals surface area contributed by atoms with Gasteiger partial charge in [0.15, 0.2) is 11.5 Å². The number of amides is 1. The molecule has 7 nitrogen and oxygen atoms in total. The van der Waals surface area contributed by atoms with Gasteiger partial charge in [0.25, 0.3) is 5.91 Å². The third-order valence-electron chi connectivity index (χ3n) is 4.53. The minimum atomic E-state index is -3.60. The first-order valence-corrected chi connectivity index (χ1v) is 10.9. The van der Waals surface area contributed by atoms with Crippen molar-refractivity contribution in [2.75, 3.05) is 26.5 Å². The van der Waals surface area contributed by atoms with Crippen LogP contribution < -0.4 is 14.8 Å².